The second-order valence-corrected chi connectivity index (χ2v) is 7.23. The number of carbonyl (C=O) groups excluding carboxylic acids is 1. The minimum Gasteiger partial charge on any atom is -0.347 e. The van der Waals surface area contributed by atoms with Gasteiger partial charge in [-0.25, -0.2) is 0 Å². The number of hydrogen-bond acceptors (Lipinski definition) is 2. The summed E-state index contributed by atoms with van der Waals surface area (Å²) < 4.78 is 0.868. The van der Waals surface area contributed by atoms with Crippen LogP contribution in [-0.2, 0) is 0 Å². The molecule has 1 aromatic rings. The van der Waals surface area contributed by atoms with E-state index >= 15 is 0 Å². The van der Waals surface area contributed by atoms with E-state index in [0.29, 0.717) is 0 Å². The zero-order chi connectivity index (χ0) is 14.9. The zero-order valence-electron chi connectivity index (χ0n) is 12.6. The fourth-order valence-corrected chi connectivity index (χ4v) is 4.57. The summed E-state index contributed by atoms with van der Waals surface area (Å²) in [6, 6.07) is 7.94. The number of nitrogens with zero attached hydrogens (tertiary/aromatic N) is 1. The molecule has 1 spiro atoms. The molecule has 1 amide bonds. The number of hydrogen-bond donors (Lipinski definition) is 1. The lowest BCUT2D eigenvalue weighted by Crippen LogP contribution is -2.59. The summed E-state index contributed by atoms with van der Waals surface area (Å²) in [5, 5.41) is 3.33. The Hall–Kier alpha value is -0.870. The van der Waals surface area contributed by atoms with Crippen LogP contribution in [0.4, 0.5) is 0 Å². The van der Waals surface area contributed by atoms with Crippen molar-refractivity contribution in [3.05, 3.63) is 34.3 Å². The molecule has 0 radical (unpaired) electrons. The van der Waals surface area contributed by atoms with Crippen LogP contribution >= 0.6 is 15.9 Å². The van der Waals surface area contributed by atoms with Crippen molar-refractivity contribution in [1.29, 1.82) is 0 Å². The van der Waals surface area contributed by atoms with Crippen molar-refractivity contribution in [1.82, 2.24) is 10.2 Å². The Balaban J connectivity index is 1.79. The maximum atomic E-state index is 12.6. The van der Waals surface area contributed by atoms with Crippen molar-refractivity contribution >= 4 is 21.8 Å². The van der Waals surface area contributed by atoms with Crippen LogP contribution in [0.2, 0.25) is 0 Å². The van der Waals surface area contributed by atoms with Crippen LogP contribution in [0.15, 0.2) is 28.7 Å². The summed E-state index contributed by atoms with van der Waals surface area (Å²) in [5.41, 5.74) is 0.925. The highest BCUT2D eigenvalue weighted by atomic mass is 79.9. The second kappa shape index (κ2) is 6.09. The molecule has 3 nitrogen and oxygen atoms in total. The second-order valence-electron chi connectivity index (χ2n) is 6.38. The number of likely N-dealkylation sites (tertiary alicyclic amines) is 1. The molecule has 2 aliphatic rings. The lowest BCUT2D eigenvalue weighted by Gasteiger charge is -2.46. The third kappa shape index (κ3) is 2.76. The maximum absolute atomic E-state index is 12.6. The lowest BCUT2D eigenvalue weighted by molar-refractivity contribution is 0.0640. The third-order valence-corrected chi connectivity index (χ3v) is 5.98. The van der Waals surface area contributed by atoms with Gasteiger partial charge in [-0.15, -0.1) is 0 Å². The molecule has 1 N–H and O–H groups in total. The van der Waals surface area contributed by atoms with Crippen molar-refractivity contribution in [3.8, 4) is 0 Å². The van der Waals surface area contributed by atoms with E-state index in [9.17, 15) is 4.79 Å². The molecule has 0 aromatic heterocycles. The molecule has 2 atom stereocenters. The van der Waals surface area contributed by atoms with Crippen LogP contribution in [0.25, 0.3) is 0 Å². The van der Waals surface area contributed by atoms with E-state index in [2.05, 4.69) is 33.2 Å². The highest BCUT2D eigenvalue weighted by molar-refractivity contribution is 9.10. The molecule has 1 aromatic carbocycles. The van der Waals surface area contributed by atoms with Gasteiger partial charge in [0.1, 0.15) is 0 Å². The van der Waals surface area contributed by atoms with Crippen molar-refractivity contribution in [2.24, 2.45) is 0 Å². The summed E-state index contributed by atoms with van der Waals surface area (Å²) in [6.07, 6.45) is 7.27. The van der Waals surface area contributed by atoms with Crippen molar-refractivity contribution in [2.75, 3.05) is 13.6 Å². The van der Waals surface area contributed by atoms with Gasteiger partial charge < -0.3 is 5.32 Å². The van der Waals surface area contributed by atoms with Gasteiger partial charge in [0.05, 0.1) is 5.56 Å². The topological polar surface area (TPSA) is 32.3 Å². The summed E-state index contributed by atoms with van der Waals surface area (Å²) >= 11 is 3.48. The van der Waals surface area contributed by atoms with E-state index in [1.54, 1.807) is 0 Å². The zero-order valence-corrected chi connectivity index (χ0v) is 14.2. The van der Waals surface area contributed by atoms with Gasteiger partial charge in [0, 0.05) is 16.1 Å². The highest BCUT2D eigenvalue weighted by Gasteiger charge is 2.47. The molecule has 1 saturated heterocycles. The molecule has 1 heterocycles. The first kappa shape index (κ1) is 15.0. The van der Waals surface area contributed by atoms with Gasteiger partial charge in [0.15, 0.2) is 0 Å². The summed E-state index contributed by atoms with van der Waals surface area (Å²) in [7, 11) is 2.22. The molecular formula is C17H23BrN2O. The van der Waals surface area contributed by atoms with Crippen LogP contribution in [0.5, 0.6) is 0 Å². The number of nitrogens with one attached hydrogen (secondary N) is 1. The van der Waals surface area contributed by atoms with Crippen LogP contribution in [0.1, 0.15) is 48.9 Å². The average Bonchev–Trinajstić information content (AvgIpc) is 2.84. The molecule has 21 heavy (non-hydrogen) atoms. The summed E-state index contributed by atoms with van der Waals surface area (Å²) in [4.78, 5) is 15.1. The van der Waals surface area contributed by atoms with E-state index in [4.69, 9.17) is 0 Å². The van der Waals surface area contributed by atoms with E-state index in [-0.39, 0.29) is 17.5 Å². The molecule has 2 unspecified atom stereocenters. The van der Waals surface area contributed by atoms with E-state index < -0.39 is 0 Å². The molecule has 3 rings (SSSR count). The van der Waals surface area contributed by atoms with Crippen molar-refractivity contribution in [3.63, 3.8) is 0 Å². The Morgan fingerprint density at radius 1 is 1.29 bits per heavy atom. The number of amides is 1. The Bertz CT molecular complexity index is 533. The minimum atomic E-state index is 0.0500. The Kier molecular flexibility index (Phi) is 4.36. The molecule has 0 bridgehead atoms. The van der Waals surface area contributed by atoms with Crippen molar-refractivity contribution < 1.29 is 4.79 Å². The Labute approximate surface area is 135 Å². The summed E-state index contributed by atoms with van der Waals surface area (Å²) in [6.45, 7) is 1.15. The molecular weight excluding hydrogens is 328 g/mol. The maximum Gasteiger partial charge on any atom is 0.252 e. The SMILES string of the molecule is CN1CCCC12CCCCC2NC(=O)c1ccccc1Br. The Morgan fingerprint density at radius 3 is 2.76 bits per heavy atom. The van der Waals surface area contributed by atoms with Gasteiger partial charge in [0.2, 0.25) is 0 Å². The van der Waals surface area contributed by atoms with Gasteiger partial charge in [-0.05, 0) is 67.3 Å². The lowest BCUT2D eigenvalue weighted by atomic mass is 9.75. The normalized spacial score (nSPS) is 29.7. The van der Waals surface area contributed by atoms with Crippen LogP contribution in [0.3, 0.4) is 0 Å². The first-order valence-electron chi connectivity index (χ1n) is 7.90. The van der Waals surface area contributed by atoms with Gasteiger partial charge in [0.25, 0.3) is 5.91 Å². The number of halogens is 1. The van der Waals surface area contributed by atoms with Crippen molar-refractivity contribution in [2.45, 2.75) is 50.1 Å². The molecule has 1 aliphatic heterocycles. The highest BCUT2D eigenvalue weighted by Crippen LogP contribution is 2.41. The minimum absolute atomic E-state index is 0.0500. The molecule has 4 heteroatoms. The molecule has 1 saturated carbocycles. The average molecular weight is 351 g/mol. The van der Waals surface area contributed by atoms with Gasteiger partial charge in [-0.3, -0.25) is 9.69 Å². The van der Waals surface area contributed by atoms with Gasteiger partial charge >= 0.3 is 0 Å². The van der Waals surface area contributed by atoms with E-state index in [1.807, 2.05) is 24.3 Å². The van der Waals surface area contributed by atoms with Crippen LogP contribution < -0.4 is 5.32 Å². The van der Waals surface area contributed by atoms with Crippen LogP contribution in [-0.4, -0.2) is 36.0 Å². The van der Waals surface area contributed by atoms with E-state index in [0.717, 1.165) is 23.0 Å². The molecule has 2 fully saturated rings. The first-order chi connectivity index (χ1) is 10.1. The predicted molar refractivity (Wildman–Crippen MR) is 88.5 cm³/mol. The van der Waals surface area contributed by atoms with E-state index in [1.165, 1.54) is 32.1 Å². The largest absolute Gasteiger partial charge is 0.347 e. The molecule has 1 aliphatic carbocycles. The number of benzene rings is 1. The Morgan fingerprint density at radius 2 is 2.05 bits per heavy atom. The predicted octanol–water partition coefficient (Wildman–Crippen LogP) is 3.59. The third-order valence-electron chi connectivity index (χ3n) is 5.29. The summed E-state index contributed by atoms with van der Waals surface area (Å²) in [5.74, 6) is 0.0500. The first-order valence-corrected chi connectivity index (χ1v) is 8.69. The smallest absolute Gasteiger partial charge is 0.252 e. The number of likely N-dealkylation sites (N-methyl/N-ethyl adjacent to an activating group) is 1. The quantitative estimate of drug-likeness (QED) is 0.883. The van der Waals surface area contributed by atoms with Gasteiger partial charge in [-0.1, -0.05) is 25.0 Å². The molecule has 114 valence electrons. The number of rotatable bonds is 2. The van der Waals surface area contributed by atoms with Gasteiger partial charge in [-0.2, -0.15) is 0 Å². The standard InChI is InChI=1S/C17H23BrN2O/c1-20-12-6-11-17(20)10-5-4-9-15(17)19-16(21)13-7-2-3-8-14(13)18/h2-3,7-8,15H,4-6,9-12H2,1H3,(H,19,21). The van der Waals surface area contributed by atoms with Crippen LogP contribution in [0, 0.1) is 0 Å². The number of carbonyl (C=O) groups is 1. The monoisotopic (exact) mass is 350 g/mol. The fourth-order valence-electron chi connectivity index (χ4n) is 4.10. The fraction of sp³-hybridized carbons (Fsp3) is 0.588.